The first-order valence-corrected chi connectivity index (χ1v) is 16.3. The summed E-state index contributed by atoms with van der Waals surface area (Å²) in [6.07, 6.45) is 13.2. The Balaban J connectivity index is 1.15. The Kier molecular flexibility index (Phi) is 11.6. The number of unbranched alkanes of at least 4 members (excludes halogenated alkanes) is 5. The molecule has 0 bridgehead atoms. The number of hydrogen-bond acceptors (Lipinski definition) is 8. The summed E-state index contributed by atoms with van der Waals surface area (Å²) in [7, 11) is -3.82. The van der Waals surface area contributed by atoms with Gasteiger partial charge in [-0.25, -0.2) is 18.4 Å². The van der Waals surface area contributed by atoms with Crippen molar-refractivity contribution in [3.8, 4) is 22.9 Å². The van der Waals surface area contributed by atoms with Gasteiger partial charge in [0.25, 0.3) is 10.0 Å². The third-order valence-corrected chi connectivity index (χ3v) is 8.19. The lowest BCUT2D eigenvalue weighted by Gasteiger charge is -2.11. The molecular weight excluding hydrogens is 562 g/mol. The van der Waals surface area contributed by atoms with Crippen molar-refractivity contribution in [3.05, 3.63) is 84.7 Å². The van der Waals surface area contributed by atoms with E-state index in [-0.39, 0.29) is 16.3 Å². The molecule has 0 aliphatic heterocycles. The first-order valence-electron chi connectivity index (χ1n) is 14.8. The number of sulfonamides is 1. The summed E-state index contributed by atoms with van der Waals surface area (Å²) in [6.45, 7) is 3.18. The fourth-order valence-electron chi connectivity index (χ4n) is 4.52. The number of aryl methyl sites for hydroxylation is 1. The topological polar surface area (TPSA) is 142 Å². The van der Waals surface area contributed by atoms with Crippen LogP contribution >= 0.6 is 0 Å². The number of nitrogens with two attached hydrogens (primary N) is 2. The summed E-state index contributed by atoms with van der Waals surface area (Å²) in [6, 6.07) is 18.7. The molecule has 0 amide bonds. The highest BCUT2D eigenvalue weighted by Crippen LogP contribution is 2.23. The number of benzene rings is 3. The van der Waals surface area contributed by atoms with E-state index in [2.05, 4.69) is 21.6 Å². The lowest BCUT2D eigenvalue weighted by Crippen LogP contribution is -2.13. The molecule has 0 aliphatic rings. The molecule has 4 aromatic rings. The molecule has 228 valence electrons. The average molecular weight is 604 g/mol. The summed E-state index contributed by atoms with van der Waals surface area (Å²) < 4.78 is 39.4. The van der Waals surface area contributed by atoms with E-state index in [4.69, 9.17) is 20.9 Å². The molecule has 0 fully saturated rings. The van der Waals surface area contributed by atoms with Gasteiger partial charge in [-0.1, -0.05) is 39.0 Å². The van der Waals surface area contributed by atoms with Gasteiger partial charge in [0.2, 0.25) is 0 Å². The van der Waals surface area contributed by atoms with E-state index in [1.807, 2.05) is 36.7 Å². The second kappa shape index (κ2) is 15.8. The Labute approximate surface area is 254 Å². The molecule has 0 aliphatic carbocycles. The largest absolute Gasteiger partial charge is 0.493 e. The first kappa shape index (κ1) is 31.6. The number of rotatable bonds is 17. The van der Waals surface area contributed by atoms with Crippen molar-refractivity contribution in [1.82, 2.24) is 9.97 Å². The number of nitrogen functional groups attached to an aromatic ring is 2. The molecule has 0 saturated carbocycles. The van der Waals surface area contributed by atoms with Gasteiger partial charge in [-0.2, -0.15) is 0 Å². The molecule has 1 aromatic heterocycles. The van der Waals surface area contributed by atoms with Crippen molar-refractivity contribution in [2.24, 2.45) is 0 Å². The Morgan fingerprint density at radius 2 is 1.28 bits per heavy atom. The number of hydrogen-bond donors (Lipinski definition) is 3. The van der Waals surface area contributed by atoms with Gasteiger partial charge in [0.1, 0.15) is 11.5 Å². The van der Waals surface area contributed by atoms with Gasteiger partial charge in [-0.05, 0) is 85.1 Å². The van der Waals surface area contributed by atoms with Crippen LogP contribution in [0.3, 0.4) is 0 Å². The zero-order valence-corrected chi connectivity index (χ0v) is 25.5. The van der Waals surface area contributed by atoms with Crippen LogP contribution in [-0.2, 0) is 16.4 Å². The molecule has 9 nitrogen and oxygen atoms in total. The summed E-state index contributed by atoms with van der Waals surface area (Å²) in [5.41, 5.74) is 14.5. The highest BCUT2D eigenvalue weighted by Gasteiger charge is 2.15. The highest BCUT2D eigenvalue weighted by molar-refractivity contribution is 7.92. The number of anilines is 3. The van der Waals surface area contributed by atoms with Gasteiger partial charge in [-0.3, -0.25) is 4.72 Å². The van der Waals surface area contributed by atoms with Crippen LogP contribution in [0.25, 0.3) is 11.4 Å². The zero-order chi connectivity index (χ0) is 30.5. The van der Waals surface area contributed by atoms with Gasteiger partial charge >= 0.3 is 0 Å². The SMILES string of the molecule is CCCCCCCCc1cnc(-c2ccc(OCCCOc3ccc(NS(=O)(=O)c4cc(N)cc(N)c4)cc3)cc2)nc1. The van der Waals surface area contributed by atoms with Gasteiger partial charge in [0.15, 0.2) is 5.82 Å². The molecule has 43 heavy (non-hydrogen) atoms. The van der Waals surface area contributed by atoms with Crippen LogP contribution < -0.4 is 25.7 Å². The van der Waals surface area contributed by atoms with Crippen LogP contribution in [0.2, 0.25) is 0 Å². The maximum absolute atomic E-state index is 12.6. The van der Waals surface area contributed by atoms with Gasteiger partial charge in [0.05, 0.1) is 18.1 Å². The molecule has 0 radical (unpaired) electrons. The molecule has 0 spiro atoms. The molecule has 0 saturated heterocycles. The van der Waals surface area contributed by atoms with Crippen LogP contribution in [0.5, 0.6) is 11.5 Å². The highest BCUT2D eigenvalue weighted by atomic mass is 32.2. The third-order valence-electron chi connectivity index (χ3n) is 6.83. The van der Waals surface area contributed by atoms with Crippen molar-refractivity contribution in [3.63, 3.8) is 0 Å². The molecule has 5 N–H and O–H groups in total. The molecular formula is C33H41N5O4S. The van der Waals surface area contributed by atoms with E-state index in [9.17, 15) is 8.42 Å². The van der Waals surface area contributed by atoms with Crippen molar-refractivity contribution in [2.45, 2.75) is 63.2 Å². The van der Waals surface area contributed by atoms with Gasteiger partial charge in [0, 0.05) is 41.4 Å². The lowest BCUT2D eigenvalue weighted by atomic mass is 10.1. The van der Waals surface area contributed by atoms with Crippen LogP contribution in [0.4, 0.5) is 17.1 Å². The molecule has 10 heteroatoms. The molecule has 0 atom stereocenters. The smallest absolute Gasteiger partial charge is 0.262 e. The monoisotopic (exact) mass is 603 g/mol. The van der Waals surface area contributed by atoms with Crippen LogP contribution in [0, 0.1) is 0 Å². The Bertz CT molecular complexity index is 1510. The van der Waals surface area contributed by atoms with Crippen molar-refractivity contribution in [1.29, 1.82) is 0 Å². The van der Waals surface area contributed by atoms with E-state index in [0.717, 1.165) is 17.7 Å². The number of aromatic nitrogens is 2. The predicted octanol–water partition coefficient (Wildman–Crippen LogP) is 6.86. The van der Waals surface area contributed by atoms with Crippen LogP contribution in [0.1, 0.15) is 57.4 Å². The normalized spacial score (nSPS) is 11.3. The maximum Gasteiger partial charge on any atom is 0.262 e. The summed E-state index contributed by atoms with van der Waals surface area (Å²) in [5, 5.41) is 0. The lowest BCUT2D eigenvalue weighted by molar-refractivity contribution is 0.247. The molecule has 4 rings (SSSR count). The van der Waals surface area contributed by atoms with E-state index in [0.29, 0.717) is 36.9 Å². The number of nitrogens with zero attached hydrogens (tertiary/aromatic N) is 2. The summed E-state index contributed by atoms with van der Waals surface area (Å²) in [4.78, 5) is 9.11. The van der Waals surface area contributed by atoms with Crippen molar-refractivity contribution < 1.29 is 17.9 Å². The predicted molar refractivity (Wildman–Crippen MR) is 173 cm³/mol. The fourth-order valence-corrected chi connectivity index (χ4v) is 5.66. The molecule has 1 heterocycles. The second-order valence-corrected chi connectivity index (χ2v) is 12.2. The van der Waals surface area contributed by atoms with Gasteiger partial charge in [-0.15, -0.1) is 0 Å². The quantitative estimate of drug-likeness (QED) is 0.0877. The minimum Gasteiger partial charge on any atom is -0.493 e. The van der Waals surface area contributed by atoms with Crippen molar-refractivity contribution in [2.75, 3.05) is 29.4 Å². The minimum atomic E-state index is -3.82. The second-order valence-electron chi connectivity index (χ2n) is 10.5. The number of ether oxygens (including phenoxy) is 2. The molecule has 0 unspecified atom stereocenters. The van der Waals surface area contributed by atoms with E-state index in [1.165, 1.54) is 62.3 Å². The summed E-state index contributed by atoms with van der Waals surface area (Å²) >= 11 is 0. The first-order chi connectivity index (χ1) is 20.8. The van der Waals surface area contributed by atoms with Crippen LogP contribution in [-0.4, -0.2) is 31.6 Å². The standard InChI is InChI=1S/C33H41N5O4S/c1-2-3-4-5-6-7-9-25-23-36-33(37-24-25)26-10-14-30(15-11-26)41-18-8-19-42-31-16-12-29(13-17-31)38-43(39,40)32-21-27(34)20-28(35)22-32/h10-17,20-24,38H,2-9,18-19,34-35H2,1H3. The van der Waals surface area contributed by atoms with E-state index < -0.39 is 10.0 Å². The Morgan fingerprint density at radius 1 is 0.721 bits per heavy atom. The third kappa shape index (κ3) is 10.2. The van der Waals surface area contributed by atoms with Crippen molar-refractivity contribution >= 4 is 27.1 Å². The zero-order valence-electron chi connectivity index (χ0n) is 24.7. The number of nitrogens with one attached hydrogen (secondary N) is 1. The van der Waals surface area contributed by atoms with E-state index in [1.54, 1.807) is 24.3 Å². The van der Waals surface area contributed by atoms with E-state index >= 15 is 0 Å². The fraction of sp³-hybridized carbons (Fsp3) is 0.333. The minimum absolute atomic E-state index is 0.000963. The molecule has 3 aromatic carbocycles. The average Bonchev–Trinajstić information content (AvgIpc) is 3.00. The Morgan fingerprint density at radius 3 is 1.88 bits per heavy atom. The summed E-state index contributed by atoms with van der Waals surface area (Å²) in [5.74, 6) is 2.10. The van der Waals surface area contributed by atoms with Gasteiger partial charge < -0.3 is 20.9 Å². The Hall–Kier alpha value is -4.31. The van der Waals surface area contributed by atoms with Crippen LogP contribution in [0.15, 0.2) is 84.0 Å². The maximum atomic E-state index is 12.6.